The molecule has 0 saturated heterocycles. The van der Waals surface area contributed by atoms with Crippen molar-refractivity contribution in [1.29, 1.82) is 0 Å². The summed E-state index contributed by atoms with van der Waals surface area (Å²) in [6.45, 7) is 1.65. The van der Waals surface area contributed by atoms with Crippen LogP contribution in [0.5, 0.6) is 0 Å². The smallest absolute Gasteiger partial charge is 0.355 e. The van der Waals surface area contributed by atoms with E-state index in [-0.39, 0.29) is 10.7 Å². The van der Waals surface area contributed by atoms with Gasteiger partial charge in [0.05, 0.1) is 11.4 Å². The van der Waals surface area contributed by atoms with Crippen molar-refractivity contribution in [2.24, 2.45) is 0 Å². The fraction of sp³-hybridized carbons (Fsp3) is 0.250. The largest absolute Gasteiger partial charge is 0.447 e. The molecular weight excluding hydrogens is 297 g/mol. The number of aliphatic hydroxyl groups is 2. The molecule has 0 aliphatic carbocycles. The molecule has 1 aromatic carbocycles. The number of nitrogens with zero attached hydrogens (tertiary/aromatic N) is 2. The fourth-order valence-electron chi connectivity index (χ4n) is 1.69. The first-order valence-electron chi connectivity index (χ1n) is 5.47. The first-order valence-corrected chi connectivity index (χ1v) is 5.85. The van der Waals surface area contributed by atoms with Gasteiger partial charge in [0, 0.05) is 16.8 Å². The van der Waals surface area contributed by atoms with Crippen LogP contribution in [0, 0.1) is 6.92 Å². The van der Waals surface area contributed by atoms with Crippen LogP contribution in [0.1, 0.15) is 11.3 Å². The van der Waals surface area contributed by atoms with E-state index in [2.05, 4.69) is 5.10 Å². The van der Waals surface area contributed by atoms with E-state index < -0.39 is 17.5 Å². The molecule has 1 aromatic heterocycles. The first kappa shape index (κ1) is 14.8. The molecule has 0 bridgehead atoms. The molecule has 0 spiro atoms. The third-order valence-electron chi connectivity index (χ3n) is 2.70. The van der Waals surface area contributed by atoms with Crippen LogP contribution in [0.2, 0.25) is 5.02 Å². The maximum Gasteiger partial charge on any atom is 0.447 e. The Hall–Kier alpha value is -1.57. The first-order chi connectivity index (χ1) is 9.13. The quantitative estimate of drug-likeness (QED) is 0.838. The SMILES string of the molecule is Cc1ccn(-c2cc(Cl)ccc2C(O)(O)C(F)(F)F)n1. The number of alkyl halides is 3. The summed E-state index contributed by atoms with van der Waals surface area (Å²) < 4.78 is 39.4. The standard InChI is InChI=1S/C12H10ClF3N2O2/c1-7-4-5-18(17-7)10-6-8(13)2-3-9(10)11(19,20)12(14,15)16/h2-6,19-20H,1H3. The highest BCUT2D eigenvalue weighted by atomic mass is 35.5. The molecule has 20 heavy (non-hydrogen) atoms. The predicted molar refractivity (Wildman–Crippen MR) is 65.5 cm³/mol. The summed E-state index contributed by atoms with van der Waals surface area (Å²) in [4.78, 5) is 0. The van der Waals surface area contributed by atoms with Crippen LogP contribution in [0.25, 0.3) is 5.69 Å². The van der Waals surface area contributed by atoms with E-state index in [4.69, 9.17) is 11.6 Å². The molecule has 0 aliphatic heterocycles. The predicted octanol–water partition coefficient (Wildman–Crippen LogP) is 2.53. The summed E-state index contributed by atoms with van der Waals surface area (Å²) in [5.74, 6) is -3.99. The lowest BCUT2D eigenvalue weighted by molar-refractivity contribution is -0.358. The molecule has 0 radical (unpaired) electrons. The van der Waals surface area contributed by atoms with Gasteiger partial charge in [-0.3, -0.25) is 0 Å². The zero-order chi connectivity index (χ0) is 15.1. The average Bonchev–Trinajstić information content (AvgIpc) is 2.74. The molecule has 0 saturated carbocycles. The number of halogens is 4. The number of hydrogen-bond acceptors (Lipinski definition) is 3. The number of aryl methyl sites for hydroxylation is 1. The van der Waals surface area contributed by atoms with Gasteiger partial charge >= 0.3 is 6.18 Å². The Morgan fingerprint density at radius 1 is 1.20 bits per heavy atom. The van der Waals surface area contributed by atoms with Gasteiger partial charge in [-0.25, -0.2) is 4.68 Å². The molecule has 0 amide bonds. The van der Waals surface area contributed by atoms with E-state index in [0.29, 0.717) is 5.69 Å². The number of rotatable bonds is 2. The molecule has 2 rings (SSSR count). The van der Waals surface area contributed by atoms with Crippen molar-refractivity contribution < 1.29 is 23.4 Å². The lowest BCUT2D eigenvalue weighted by Gasteiger charge is -2.26. The average molecular weight is 307 g/mol. The minimum Gasteiger partial charge on any atom is -0.355 e. The van der Waals surface area contributed by atoms with Gasteiger partial charge in [0.2, 0.25) is 0 Å². The lowest BCUT2D eigenvalue weighted by atomic mass is 10.0. The van der Waals surface area contributed by atoms with Crippen molar-refractivity contribution in [1.82, 2.24) is 9.78 Å². The molecule has 4 nitrogen and oxygen atoms in total. The van der Waals surface area contributed by atoms with Gasteiger partial charge < -0.3 is 10.2 Å². The summed E-state index contributed by atoms with van der Waals surface area (Å²) in [7, 11) is 0. The summed E-state index contributed by atoms with van der Waals surface area (Å²) in [6, 6.07) is 4.79. The summed E-state index contributed by atoms with van der Waals surface area (Å²) in [5, 5.41) is 22.9. The molecule has 0 unspecified atom stereocenters. The normalized spacial score (nSPS) is 12.8. The Bertz CT molecular complexity index is 638. The van der Waals surface area contributed by atoms with Crippen LogP contribution in [0.3, 0.4) is 0 Å². The van der Waals surface area contributed by atoms with Crippen LogP contribution >= 0.6 is 11.6 Å². The van der Waals surface area contributed by atoms with Gasteiger partial charge in [0.15, 0.2) is 0 Å². The van der Waals surface area contributed by atoms with Crippen LogP contribution < -0.4 is 0 Å². The minimum absolute atomic E-state index is 0.148. The van der Waals surface area contributed by atoms with E-state index in [0.717, 1.165) is 16.8 Å². The number of benzene rings is 1. The molecule has 0 aliphatic rings. The van der Waals surface area contributed by atoms with Gasteiger partial charge in [0.25, 0.3) is 5.79 Å². The zero-order valence-electron chi connectivity index (χ0n) is 10.2. The Kier molecular flexibility index (Phi) is 3.53. The Morgan fingerprint density at radius 2 is 1.85 bits per heavy atom. The van der Waals surface area contributed by atoms with Crippen LogP contribution in [0.15, 0.2) is 30.5 Å². The second kappa shape index (κ2) is 4.76. The number of aromatic nitrogens is 2. The third kappa shape index (κ3) is 2.52. The van der Waals surface area contributed by atoms with E-state index in [1.165, 1.54) is 12.3 Å². The topological polar surface area (TPSA) is 58.3 Å². The Morgan fingerprint density at radius 3 is 2.35 bits per heavy atom. The van der Waals surface area contributed by atoms with Crippen LogP contribution in [-0.4, -0.2) is 26.2 Å². The molecular formula is C12H10ClF3N2O2. The maximum absolute atomic E-state index is 12.8. The maximum atomic E-state index is 12.8. The molecule has 8 heteroatoms. The van der Waals surface area contributed by atoms with E-state index in [9.17, 15) is 23.4 Å². The van der Waals surface area contributed by atoms with Crippen LogP contribution in [0.4, 0.5) is 13.2 Å². The zero-order valence-corrected chi connectivity index (χ0v) is 10.9. The number of hydrogen-bond donors (Lipinski definition) is 2. The van der Waals surface area contributed by atoms with E-state index in [1.54, 1.807) is 13.0 Å². The second-order valence-corrected chi connectivity index (χ2v) is 4.67. The Labute approximate surface area is 117 Å². The highest BCUT2D eigenvalue weighted by molar-refractivity contribution is 6.30. The monoisotopic (exact) mass is 306 g/mol. The second-order valence-electron chi connectivity index (χ2n) is 4.23. The van der Waals surface area contributed by atoms with Crippen molar-refractivity contribution in [3.8, 4) is 5.69 Å². The molecule has 2 aromatic rings. The molecule has 0 fully saturated rings. The van der Waals surface area contributed by atoms with Crippen molar-refractivity contribution in [2.45, 2.75) is 18.9 Å². The van der Waals surface area contributed by atoms with Crippen molar-refractivity contribution in [2.75, 3.05) is 0 Å². The molecule has 108 valence electrons. The van der Waals surface area contributed by atoms with Gasteiger partial charge in [0.1, 0.15) is 0 Å². The molecule has 1 heterocycles. The highest BCUT2D eigenvalue weighted by Crippen LogP contribution is 2.39. The minimum atomic E-state index is -5.25. The summed E-state index contributed by atoms with van der Waals surface area (Å²) in [6.07, 6.45) is -3.85. The van der Waals surface area contributed by atoms with Gasteiger partial charge in [-0.1, -0.05) is 11.6 Å². The van der Waals surface area contributed by atoms with Crippen molar-refractivity contribution >= 4 is 11.6 Å². The fourth-order valence-corrected chi connectivity index (χ4v) is 1.86. The highest BCUT2D eigenvalue weighted by Gasteiger charge is 2.55. The van der Waals surface area contributed by atoms with E-state index in [1.807, 2.05) is 0 Å². The van der Waals surface area contributed by atoms with Crippen LogP contribution in [-0.2, 0) is 5.79 Å². The van der Waals surface area contributed by atoms with Gasteiger partial charge in [-0.15, -0.1) is 0 Å². The molecule has 2 N–H and O–H groups in total. The summed E-state index contributed by atoms with van der Waals surface area (Å²) in [5.41, 5.74) is -0.352. The molecule has 0 atom stereocenters. The van der Waals surface area contributed by atoms with Crippen molar-refractivity contribution in [3.05, 3.63) is 46.7 Å². The van der Waals surface area contributed by atoms with Gasteiger partial charge in [-0.05, 0) is 31.2 Å². The van der Waals surface area contributed by atoms with Crippen molar-refractivity contribution in [3.63, 3.8) is 0 Å². The third-order valence-corrected chi connectivity index (χ3v) is 2.93. The Balaban J connectivity index is 2.66. The lowest BCUT2D eigenvalue weighted by Crippen LogP contribution is -2.42. The van der Waals surface area contributed by atoms with Gasteiger partial charge in [-0.2, -0.15) is 18.3 Å². The van der Waals surface area contributed by atoms with E-state index >= 15 is 0 Å². The summed E-state index contributed by atoms with van der Waals surface area (Å²) >= 11 is 5.75.